The van der Waals surface area contributed by atoms with Crippen LogP contribution in [-0.2, 0) is 5.41 Å². The Kier molecular flexibility index (Phi) is 6.01. The first-order valence-corrected chi connectivity index (χ1v) is 18.0. The highest BCUT2D eigenvalue weighted by Gasteiger charge is 2.35. The second-order valence-corrected chi connectivity index (χ2v) is 14.6. The molecule has 0 spiro atoms. The fraction of sp³-hybridized carbons (Fsp3) is 0.0612. The summed E-state index contributed by atoms with van der Waals surface area (Å²) in [6.45, 7) is 4.73. The molecule has 11 rings (SSSR count). The van der Waals surface area contributed by atoms with Gasteiger partial charge in [0.15, 0.2) is 0 Å². The molecule has 52 heavy (non-hydrogen) atoms. The molecule has 1 aliphatic rings. The van der Waals surface area contributed by atoms with Crippen molar-refractivity contribution in [3.05, 3.63) is 175 Å². The van der Waals surface area contributed by atoms with Gasteiger partial charge < -0.3 is 0 Å². The Morgan fingerprint density at radius 3 is 1.62 bits per heavy atom. The molecule has 0 saturated heterocycles. The average molecular weight is 664 g/mol. The van der Waals surface area contributed by atoms with Gasteiger partial charge in [-0.1, -0.05) is 141 Å². The van der Waals surface area contributed by atoms with Crippen molar-refractivity contribution in [1.82, 2.24) is 14.5 Å². The Hall–Kier alpha value is -6.58. The summed E-state index contributed by atoms with van der Waals surface area (Å²) in [6.07, 6.45) is 0. The first-order valence-electron chi connectivity index (χ1n) is 18.0. The maximum Gasteiger partial charge on any atom is 0.235 e. The zero-order valence-corrected chi connectivity index (χ0v) is 28.9. The third-order valence-corrected chi connectivity index (χ3v) is 11.4. The summed E-state index contributed by atoms with van der Waals surface area (Å²) in [5.41, 5.74) is 11.4. The van der Waals surface area contributed by atoms with E-state index in [-0.39, 0.29) is 5.41 Å². The second-order valence-electron chi connectivity index (χ2n) is 14.6. The largest absolute Gasteiger partial charge is 0.278 e. The van der Waals surface area contributed by atoms with Crippen LogP contribution in [-0.4, -0.2) is 14.5 Å². The van der Waals surface area contributed by atoms with Crippen molar-refractivity contribution < 1.29 is 0 Å². The summed E-state index contributed by atoms with van der Waals surface area (Å²) in [6, 6.07) is 59.2. The zero-order valence-electron chi connectivity index (χ0n) is 28.9. The van der Waals surface area contributed by atoms with Crippen LogP contribution in [0.3, 0.4) is 0 Å². The summed E-state index contributed by atoms with van der Waals surface area (Å²) in [5.74, 6) is 0.660. The maximum atomic E-state index is 5.31. The van der Waals surface area contributed by atoms with Crippen LogP contribution in [0, 0.1) is 0 Å². The van der Waals surface area contributed by atoms with Gasteiger partial charge in [-0.2, -0.15) is 0 Å². The van der Waals surface area contributed by atoms with Gasteiger partial charge in [-0.3, -0.25) is 4.57 Å². The molecule has 3 heteroatoms. The van der Waals surface area contributed by atoms with Gasteiger partial charge in [0, 0.05) is 27.3 Å². The summed E-state index contributed by atoms with van der Waals surface area (Å²) in [4.78, 5) is 10.6. The van der Waals surface area contributed by atoms with Crippen molar-refractivity contribution in [3.8, 4) is 39.6 Å². The standard InChI is InChI=1S/C49H33N3/c1-49(2)42-23-13-11-21-34(42)40-25-36-32-19-9-10-20-33(32)37-26-41-35-22-12-14-24-46(35)52(47(41)28-39(37)38(36)27-43(40)49)48-50-44(30-15-5-3-6-16-30)29-45(51-48)31-17-7-4-8-18-31/h3-29H,1-2H3. The quantitative estimate of drug-likeness (QED) is 0.176. The molecule has 2 heterocycles. The van der Waals surface area contributed by atoms with E-state index < -0.39 is 0 Å². The number of aromatic nitrogens is 3. The van der Waals surface area contributed by atoms with Gasteiger partial charge in [-0.15, -0.1) is 0 Å². The number of benzene rings is 8. The molecule has 2 aromatic heterocycles. The van der Waals surface area contributed by atoms with Gasteiger partial charge in [0.2, 0.25) is 5.95 Å². The van der Waals surface area contributed by atoms with Crippen LogP contribution >= 0.6 is 0 Å². The lowest BCUT2D eigenvalue weighted by molar-refractivity contribution is 0.661. The molecule has 0 bridgehead atoms. The van der Waals surface area contributed by atoms with E-state index in [9.17, 15) is 0 Å². The van der Waals surface area contributed by atoms with Crippen LogP contribution in [0.25, 0.3) is 93.7 Å². The van der Waals surface area contributed by atoms with Crippen molar-refractivity contribution in [2.45, 2.75) is 19.3 Å². The third-order valence-electron chi connectivity index (χ3n) is 11.4. The van der Waals surface area contributed by atoms with E-state index in [4.69, 9.17) is 9.97 Å². The number of hydrogen-bond donors (Lipinski definition) is 0. The van der Waals surface area contributed by atoms with Crippen molar-refractivity contribution in [2.24, 2.45) is 0 Å². The molecule has 244 valence electrons. The Bertz CT molecular complexity index is 3020. The average Bonchev–Trinajstić information content (AvgIpc) is 3.65. The number of nitrogens with zero attached hydrogens (tertiary/aromatic N) is 3. The Balaban J connectivity index is 1.27. The van der Waals surface area contributed by atoms with E-state index in [1.54, 1.807) is 0 Å². The van der Waals surface area contributed by atoms with Crippen molar-refractivity contribution in [1.29, 1.82) is 0 Å². The Morgan fingerprint density at radius 2 is 0.923 bits per heavy atom. The maximum absolute atomic E-state index is 5.31. The molecule has 0 aliphatic heterocycles. The lowest BCUT2D eigenvalue weighted by Gasteiger charge is -2.22. The van der Waals surface area contributed by atoms with Crippen LogP contribution in [0.2, 0.25) is 0 Å². The van der Waals surface area contributed by atoms with E-state index in [0.29, 0.717) is 5.95 Å². The predicted octanol–water partition coefficient (Wildman–Crippen LogP) is 12.7. The second kappa shape index (κ2) is 10.7. The highest BCUT2D eigenvalue weighted by Crippen LogP contribution is 2.51. The normalized spacial score (nSPS) is 13.3. The van der Waals surface area contributed by atoms with E-state index >= 15 is 0 Å². The van der Waals surface area contributed by atoms with Crippen molar-refractivity contribution in [2.75, 3.05) is 0 Å². The molecule has 0 unspecified atom stereocenters. The minimum atomic E-state index is -0.101. The summed E-state index contributed by atoms with van der Waals surface area (Å²) >= 11 is 0. The molecule has 0 atom stereocenters. The van der Waals surface area contributed by atoms with Gasteiger partial charge in [-0.05, 0) is 91.0 Å². The van der Waals surface area contributed by atoms with Crippen LogP contribution in [0.5, 0.6) is 0 Å². The van der Waals surface area contributed by atoms with E-state index in [1.165, 1.54) is 65.3 Å². The molecular weight excluding hydrogens is 631 g/mol. The molecule has 0 saturated carbocycles. The molecule has 0 fully saturated rings. The van der Waals surface area contributed by atoms with Crippen molar-refractivity contribution in [3.63, 3.8) is 0 Å². The van der Waals surface area contributed by atoms with E-state index in [0.717, 1.165) is 33.5 Å². The van der Waals surface area contributed by atoms with Crippen molar-refractivity contribution >= 4 is 54.1 Å². The van der Waals surface area contributed by atoms with Crippen LogP contribution < -0.4 is 0 Å². The Morgan fingerprint density at radius 1 is 0.385 bits per heavy atom. The molecule has 3 nitrogen and oxygen atoms in total. The molecule has 0 N–H and O–H groups in total. The molecule has 1 aliphatic carbocycles. The van der Waals surface area contributed by atoms with Gasteiger partial charge in [-0.25, -0.2) is 9.97 Å². The number of para-hydroxylation sites is 1. The molecule has 8 aromatic carbocycles. The highest BCUT2D eigenvalue weighted by atomic mass is 15.2. The topological polar surface area (TPSA) is 30.7 Å². The van der Waals surface area contributed by atoms with Crippen LogP contribution in [0.15, 0.2) is 164 Å². The summed E-state index contributed by atoms with van der Waals surface area (Å²) in [7, 11) is 0. The fourth-order valence-corrected chi connectivity index (χ4v) is 8.87. The number of hydrogen-bond acceptors (Lipinski definition) is 2. The monoisotopic (exact) mass is 663 g/mol. The summed E-state index contributed by atoms with van der Waals surface area (Å²) < 4.78 is 2.27. The van der Waals surface area contributed by atoms with E-state index in [2.05, 4.69) is 170 Å². The smallest absolute Gasteiger partial charge is 0.235 e. The molecular formula is C49H33N3. The Labute approximate surface area is 301 Å². The first-order chi connectivity index (χ1) is 25.5. The third kappa shape index (κ3) is 4.08. The molecule has 0 radical (unpaired) electrons. The van der Waals surface area contributed by atoms with Gasteiger partial charge in [0.1, 0.15) is 0 Å². The highest BCUT2D eigenvalue weighted by molar-refractivity contribution is 6.29. The van der Waals surface area contributed by atoms with Crippen LogP contribution in [0.1, 0.15) is 25.0 Å². The lowest BCUT2D eigenvalue weighted by atomic mass is 9.81. The van der Waals surface area contributed by atoms with E-state index in [1.807, 2.05) is 12.1 Å². The van der Waals surface area contributed by atoms with Gasteiger partial charge in [0.05, 0.1) is 22.4 Å². The minimum absolute atomic E-state index is 0.101. The first kappa shape index (κ1) is 29.2. The number of rotatable bonds is 3. The van der Waals surface area contributed by atoms with Gasteiger partial charge >= 0.3 is 0 Å². The zero-order chi connectivity index (χ0) is 34.6. The molecule has 0 amide bonds. The minimum Gasteiger partial charge on any atom is -0.278 e. The predicted molar refractivity (Wildman–Crippen MR) is 217 cm³/mol. The molecule has 10 aromatic rings. The fourth-order valence-electron chi connectivity index (χ4n) is 8.87. The summed E-state index contributed by atoms with van der Waals surface area (Å²) in [5, 5.41) is 9.98. The number of fused-ring (bicyclic) bond motifs is 12. The van der Waals surface area contributed by atoms with Crippen LogP contribution in [0.4, 0.5) is 0 Å². The van der Waals surface area contributed by atoms with Gasteiger partial charge in [0.25, 0.3) is 0 Å². The SMILES string of the molecule is CC1(C)c2ccccc2-c2cc3c4ccccc4c4cc5c6ccccc6n(-c6nc(-c7ccccc7)cc(-c7ccccc7)n6)c5cc4c3cc21. The lowest BCUT2D eigenvalue weighted by Crippen LogP contribution is -2.14.